The number of unbranched alkanes of at least 4 members (excludes halogenated alkanes) is 7. The number of carbonyl (C=O) groups excluding carboxylic acids is 4. The predicted octanol–water partition coefficient (Wildman–Crippen LogP) is -4.55. The van der Waals surface area contributed by atoms with Crippen molar-refractivity contribution in [3.63, 3.8) is 0 Å². The van der Waals surface area contributed by atoms with E-state index < -0.39 is 328 Å². The van der Waals surface area contributed by atoms with E-state index in [1.165, 1.54) is 20.8 Å². The lowest BCUT2D eigenvalue weighted by molar-refractivity contribution is -0.399. The number of nitrogens with one attached hydrogen (secondary N) is 2. The molecule has 8 saturated heterocycles. The number of aliphatic hydroxyl groups excluding tert-OH is 21. The first-order valence-electron chi connectivity index (χ1n) is 48.2. The third-order valence-corrected chi connectivity index (χ3v) is 32.7. The van der Waals surface area contributed by atoms with Gasteiger partial charge in [0.25, 0.3) is 11.8 Å². The Morgan fingerprint density at radius 1 is 0.434 bits per heavy atom. The van der Waals surface area contributed by atoms with E-state index in [-0.39, 0.29) is 37.6 Å². The van der Waals surface area contributed by atoms with Crippen LogP contribution in [0.4, 0.5) is 0 Å². The molecule has 43 heteroatoms. The number of esters is 1. The van der Waals surface area contributed by atoms with Crippen molar-refractivity contribution in [3.8, 4) is 0 Å². The van der Waals surface area contributed by atoms with Crippen LogP contribution in [0.25, 0.3) is 0 Å². The minimum Gasteiger partial charge on any atom is -0.432 e. The maximum atomic E-state index is 16.2. The van der Waals surface area contributed by atoms with E-state index in [9.17, 15) is 122 Å². The van der Waals surface area contributed by atoms with Gasteiger partial charge in [-0.1, -0.05) is 110 Å². The van der Waals surface area contributed by atoms with Gasteiger partial charge in [0.05, 0.1) is 62.4 Å². The zero-order valence-electron chi connectivity index (χ0n) is 78.2. The molecule has 4 saturated carbocycles. The van der Waals surface area contributed by atoms with Gasteiger partial charge in [-0.25, -0.2) is 0 Å². The summed E-state index contributed by atoms with van der Waals surface area (Å²) >= 11 is 0. The predicted molar refractivity (Wildman–Crippen MR) is 461 cm³/mol. The molecule has 0 unspecified atom stereocenters. The third-order valence-electron chi connectivity index (χ3n) is 32.7. The number of ether oxygens (including phenoxy) is 16. The molecule has 12 fully saturated rings. The maximum absolute atomic E-state index is 16.2. The molecule has 136 heavy (non-hydrogen) atoms. The van der Waals surface area contributed by atoms with Gasteiger partial charge in [-0.05, 0) is 143 Å². The van der Waals surface area contributed by atoms with Crippen molar-refractivity contribution < 1.29 is 202 Å². The highest BCUT2D eigenvalue weighted by Crippen LogP contribution is 2.76. The maximum Gasteiger partial charge on any atom is 0.317 e. The lowest BCUT2D eigenvalue weighted by Crippen LogP contribution is -2.70. The second-order valence-electron chi connectivity index (χ2n) is 41.8. The van der Waals surface area contributed by atoms with Gasteiger partial charge in [0, 0.05) is 18.7 Å². The number of allylic oxidation sites excluding steroid dienone is 2. The van der Waals surface area contributed by atoms with Crippen molar-refractivity contribution in [1.29, 1.82) is 0 Å². The van der Waals surface area contributed by atoms with E-state index in [4.69, 9.17) is 75.8 Å². The van der Waals surface area contributed by atoms with Gasteiger partial charge in [0.15, 0.2) is 56.2 Å². The van der Waals surface area contributed by atoms with E-state index in [2.05, 4.69) is 51.3 Å². The lowest BCUT2D eigenvalue weighted by Gasteiger charge is -2.71. The molecule has 774 valence electrons. The SMILES string of the molecule is C[C@@H]1O[C@@H](O[C@H]2[C@H](O)[C@@H](C(=O)NCCCCCCCCCCNC(=O)c3ccccc3)O[C@@H](O[C@H]3CC[C@]4(C)[C@H]5CC=C6[C@@H]7CC(C)(C)CC[C@]7(C(=O)O[C@@H]7O[C@H](C)[C@H](O)[C@H](O)[C@H]7O[C@@H]7O[C@@H](C)[C@H](O[C@@H]8OC[C@@H](O)[C@H](O)[C@H]8O)[C@@H](O[C@@H]8O[C@H](CO)[C@@H](O)[C@H](O[C@@H]9OC[C@@H](O)[C@H](O)[C@H]9O)[C@H]8O)[C@H]7O)[C@H](O)C[C@@]6(C)[C@]5(C)CC[C@H]4[C@]3(C)C=O)[C@@H]2O[C@@H]2O[C@H](CO)[C@H](O)[C@H](O)[C@H]2O)[C@H](O)[C@H](O)[C@H]1O. The van der Waals surface area contributed by atoms with Gasteiger partial charge in [0.2, 0.25) is 6.29 Å². The highest BCUT2D eigenvalue weighted by atomic mass is 16.8. The average Bonchev–Trinajstić information content (AvgIpc) is 0.667. The molecule has 5 aliphatic carbocycles. The summed E-state index contributed by atoms with van der Waals surface area (Å²) in [5.41, 5.74) is -4.63. The van der Waals surface area contributed by atoms with E-state index in [1.807, 2.05) is 6.07 Å². The Balaban J connectivity index is 0.706. The molecule has 0 bridgehead atoms. The standard InChI is InChI=1S/C93H146N2O41/c1-40-54(102)60(108)65(113)81(123-40)131-72-67(115)74(78(119)95-32-20-15-13-11-10-12-14-19-31-94-77(118)43-21-17-16-18-22-43)133-86(76(72)135-82-66(114)61(109)58(106)48(35-96)126-82)128-53-26-27-89(6)50(90(53,7)39-98)25-28-91(8)51(89)24-23-44-45-33-88(4,5)29-30-93(45,52(101)34-92(44,91)9)87(120)136-85-75(62(110)55(103)41(2)124-85)134-83-69(117)73(70(42(3)125-83)129-79-63(111)56(104)46(99)37-121-79)132-84-68(116)71(59(107)49(36-97)127-84)130-80-64(112)57(105)47(100)38-122-80/h16-18,21-23,39-42,45-76,79-86,96-97,99-117H,10-15,19-20,24-38H2,1-9H3,(H,94,118)(H,95,119)/t40-,41+,42-,45-,46+,47+,48+,49+,50+,51+,52+,53-,54-,55-,56-,57-,58-,59+,60+,61-,62-,63+,64+,65+,66+,67-,68+,69+,70-,71-,72-,73-,74-,75+,76+,79-,80-,81-,82-,83-,84-,85-,86+,89-,90-,91+,92+,93+/m0/s1. The summed E-state index contributed by atoms with van der Waals surface area (Å²) in [5.74, 6) is -3.52. The smallest absolute Gasteiger partial charge is 0.317 e. The molecule has 23 N–H and O–H groups in total. The Labute approximate surface area is 788 Å². The number of hydrogen-bond donors (Lipinski definition) is 23. The number of aldehydes is 1. The van der Waals surface area contributed by atoms with Crippen LogP contribution in [0.5, 0.6) is 0 Å². The van der Waals surface area contributed by atoms with Crippen molar-refractivity contribution in [2.45, 2.75) is 417 Å². The molecule has 0 aromatic heterocycles. The van der Waals surface area contributed by atoms with Crippen molar-refractivity contribution in [2.75, 3.05) is 39.5 Å². The van der Waals surface area contributed by atoms with Gasteiger partial charge in [-0.2, -0.15) is 0 Å². The molecule has 1 aromatic carbocycles. The first kappa shape index (κ1) is 107. The van der Waals surface area contributed by atoms with Gasteiger partial charge >= 0.3 is 5.97 Å². The summed E-state index contributed by atoms with van der Waals surface area (Å²) in [6.45, 7) is 14.0. The third kappa shape index (κ3) is 20.9. The zero-order chi connectivity index (χ0) is 98.7. The fourth-order valence-corrected chi connectivity index (χ4v) is 24.2. The summed E-state index contributed by atoms with van der Waals surface area (Å²) in [7, 11) is 0. The number of aliphatic hydroxyl groups is 21. The summed E-state index contributed by atoms with van der Waals surface area (Å²) in [4.78, 5) is 58.2. The number of carbonyl (C=O) groups is 4. The van der Waals surface area contributed by atoms with Gasteiger partial charge < -0.3 is 198 Å². The molecule has 0 radical (unpaired) electrons. The van der Waals surface area contributed by atoms with Crippen LogP contribution in [0.1, 0.15) is 182 Å². The van der Waals surface area contributed by atoms with Gasteiger partial charge in [-0.15, -0.1) is 0 Å². The second-order valence-corrected chi connectivity index (χ2v) is 41.8. The average molecular weight is 1950 g/mol. The van der Waals surface area contributed by atoms with Crippen molar-refractivity contribution in [3.05, 3.63) is 47.5 Å². The number of rotatable bonds is 32. The monoisotopic (exact) mass is 1950 g/mol. The molecule has 8 heterocycles. The summed E-state index contributed by atoms with van der Waals surface area (Å²) < 4.78 is 99.1. The van der Waals surface area contributed by atoms with Gasteiger partial charge in [-0.3, -0.25) is 14.4 Å². The summed E-state index contributed by atoms with van der Waals surface area (Å²) in [6, 6.07) is 8.96. The fraction of sp³-hybridized carbons (Fsp3) is 0.871. The Kier molecular flexibility index (Phi) is 34.6. The Morgan fingerprint density at radius 3 is 1.53 bits per heavy atom. The van der Waals surface area contributed by atoms with Crippen LogP contribution in [0, 0.1) is 50.2 Å². The topological polar surface area (TPSA) is 665 Å². The normalized spacial score (nSPS) is 49.1. The van der Waals surface area contributed by atoms with Crippen molar-refractivity contribution >= 4 is 24.1 Å². The molecule has 1 aromatic rings. The first-order valence-corrected chi connectivity index (χ1v) is 48.2. The van der Waals surface area contributed by atoms with Crippen LogP contribution in [0.2, 0.25) is 0 Å². The van der Waals surface area contributed by atoms with Gasteiger partial charge in [0.1, 0.15) is 164 Å². The lowest BCUT2D eigenvalue weighted by atomic mass is 9.33. The van der Waals surface area contributed by atoms with Crippen LogP contribution in [-0.4, -0.2) is 416 Å². The number of fused-ring (bicyclic) bond motifs is 7. The fourth-order valence-electron chi connectivity index (χ4n) is 24.2. The van der Waals surface area contributed by atoms with E-state index >= 15 is 4.79 Å². The number of benzene rings is 1. The molecule has 14 rings (SSSR count). The van der Waals surface area contributed by atoms with E-state index in [1.54, 1.807) is 31.2 Å². The van der Waals surface area contributed by atoms with Crippen LogP contribution in [0.15, 0.2) is 42.0 Å². The number of hydrogen-bond acceptors (Lipinski definition) is 41. The molecule has 13 aliphatic rings. The van der Waals surface area contributed by atoms with Crippen molar-refractivity contribution in [1.82, 2.24) is 10.6 Å². The molecule has 0 spiro atoms. The molecular weight excluding hydrogens is 1800 g/mol. The summed E-state index contributed by atoms with van der Waals surface area (Å²) in [6.07, 6.45) is -61.3. The Bertz CT molecular complexity index is 4130. The largest absolute Gasteiger partial charge is 0.432 e. The Morgan fingerprint density at radius 2 is 0.926 bits per heavy atom. The van der Waals surface area contributed by atoms with Crippen LogP contribution in [0.3, 0.4) is 0 Å². The summed E-state index contributed by atoms with van der Waals surface area (Å²) in [5, 5.41) is 244. The Hall–Kier alpha value is -4.40. The van der Waals surface area contributed by atoms with E-state index in [0.717, 1.165) is 50.4 Å². The first-order chi connectivity index (χ1) is 64.3. The van der Waals surface area contributed by atoms with Crippen LogP contribution < -0.4 is 10.6 Å². The molecule has 43 nitrogen and oxygen atoms in total. The number of amides is 2. The minimum atomic E-state index is -2.23. The minimum absolute atomic E-state index is 0.0131. The van der Waals surface area contributed by atoms with Crippen LogP contribution >= 0.6 is 0 Å². The molecule has 8 aliphatic heterocycles. The van der Waals surface area contributed by atoms with Crippen molar-refractivity contribution in [2.24, 2.45) is 50.2 Å². The highest BCUT2D eigenvalue weighted by Gasteiger charge is 2.74. The molecular formula is C93H146N2O41. The second kappa shape index (κ2) is 43.9. The zero-order valence-corrected chi connectivity index (χ0v) is 78.2. The highest BCUT2D eigenvalue weighted by molar-refractivity contribution is 5.94. The molecule has 48 atom stereocenters. The van der Waals surface area contributed by atoms with Crippen LogP contribution in [-0.2, 0) is 90.2 Å². The quantitative estimate of drug-likeness (QED) is 0.0106. The molecule has 2 amide bonds. The van der Waals surface area contributed by atoms with E-state index in [0.29, 0.717) is 63.5 Å².